The second-order valence-electron chi connectivity index (χ2n) is 3.59. The van der Waals surface area contributed by atoms with Gasteiger partial charge in [0.2, 0.25) is 0 Å². The highest BCUT2D eigenvalue weighted by Crippen LogP contribution is 2.19. The second kappa shape index (κ2) is 6.94. The van der Waals surface area contributed by atoms with Gasteiger partial charge in [-0.3, -0.25) is 0 Å². The Balaban J connectivity index is 4.51. The summed E-state index contributed by atoms with van der Waals surface area (Å²) in [6.07, 6.45) is 2.29. The fourth-order valence-corrected chi connectivity index (χ4v) is 1.47. The number of hydrogen-bond acceptors (Lipinski definition) is 1. The molecule has 82 valence electrons. The monoisotopic (exact) mass is 215 g/mol. The normalized spacial score (nSPS) is 12.4. The first-order chi connectivity index (χ1) is 6.54. The molecular weight excluding hydrogens is 194 g/mol. The number of hydrogen-bond donors (Lipinski definition) is 0. The van der Waals surface area contributed by atoms with Gasteiger partial charge in [-0.2, -0.15) is 0 Å². The van der Waals surface area contributed by atoms with Gasteiger partial charge in [0.05, 0.1) is 0 Å². The third-order valence-corrected chi connectivity index (χ3v) is 2.60. The van der Waals surface area contributed by atoms with Crippen LogP contribution in [0.3, 0.4) is 0 Å². The van der Waals surface area contributed by atoms with Gasteiger partial charge in [-0.1, -0.05) is 32.0 Å². The molecule has 2 heteroatoms. The number of allylic oxidation sites excluding steroid dienone is 2. The Kier molecular flexibility index (Phi) is 6.73. The highest BCUT2D eigenvalue weighted by Gasteiger charge is 2.08. The van der Waals surface area contributed by atoms with Gasteiger partial charge in [0, 0.05) is 23.8 Å². The Bertz CT molecular complexity index is 208. The maximum atomic E-state index is 5.96. The molecule has 0 aromatic carbocycles. The van der Waals surface area contributed by atoms with Gasteiger partial charge in [0.15, 0.2) is 0 Å². The van der Waals surface area contributed by atoms with Gasteiger partial charge in [0.1, 0.15) is 0 Å². The Morgan fingerprint density at radius 3 is 1.86 bits per heavy atom. The molecule has 0 spiro atoms. The van der Waals surface area contributed by atoms with Gasteiger partial charge in [0.25, 0.3) is 0 Å². The summed E-state index contributed by atoms with van der Waals surface area (Å²) in [5.74, 6) is 0. The molecule has 0 amide bonds. The summed E-state index contributed by atoms with van der Waals surface area (Å²) in [4.78, 5) is 2.31. The number of halogens is 1. The number of nitrogens with zero attached hydrogens (tertiary/aromatic N) is 1. The van der Waals surface area contributed by atoms with Gasteiger partial charge in [-0.25, -0.2) is 0 Å². The van der Waals surface area contributed by atoms with Crippen LogP contribution < -0.4 is 0 Å². The first kappa shape index (κ1) is 13.6. The molecule has 0 aliphatic rings. The van der Waals surface area contributed by atoms with Crippen molar-refractivity contribution in [3.05, 3.63) is 22.9 Å². The van der Waals surface area contributed by atoms with E-state index in [1.165, 1.54) is 0 Å². The lowest BCUT2D eigenvalue weighted by Gasteiger charge is -2.26. The van der Waals surface area contributed by atoms with Crippen LogP contribution in [0.4, 0.5) is 0 Å². The van der Waals surface area contributed by atoms with Crippen molar-refractivity contribution in [3.63, 3.8) is 0 Å². The van der Waals surface area contributed by atoms with E-state index in [1.54, 1.807) is 0 Å². The lowest BCUT2D eigenvalue weighted by atomic mass is 10.2. The fourth-order valence-electron chi connectivity index (χ4n) is 1.36. The van der Waals surface area contributed by atoms with Crippen molar-refractivity contribution in [2.24, 2.45) is 0 Å². The SMILES string of the molecule is C=C(/C(C)=C(/C)Cl)N(CCC)CCC. The minimum atomic E-state index is 0.840. The predicted molar refractivity (Wildman–Crippen MR) is 65.5 cm³/mol. The summed E-state index contributed by atoms with van der Waals surface area (Å²) >= 11 is 5.96. The first-order valence-corrected chi connectivity index (χ1v) is 5.69. The fraction of sp³-hybridized carbons (Fsp3) is 0.667. The molecule has 1 nitrogen and oxygen atoms in total. The van der Waals surface area contributed by atoms with Crippen LogP contribution in [0.5, 0.6) is 0 Å². The molecule has 0 atom stereocenters. The molecule has 0 bridgehead atoms. The van der Waals surface area contributed by atoms with E-state index < -0.39 is 0 Å². The minimum absolute atomic E-state index is 0.840. The van der Waals surface area contributed by atoms with Crippen molar-refractivity contribution in [2.45, 2.75) is 40.5 Å². The van der Waals surface area contributed by atoms with Crippen molar-refractivity contribution >= 4 is 11.6 Å². The highest BCUT2D eigenvalue weighted by molar-refractivity contribution is 6.29. The quantitative estimate of drug-likeness (QED) is 0.602. The van der Waals surface area contributed by atoms with Crippen molar-refractivity contribution in [2.75, 3.05) is 13.1 Å². The van der Waals surface area contributed by atoms with Gasteiger partial charge in [-0.05, 0) is 32.3 Å². The van der Waals surface area contributed by atoms with Crippen LogP contribution in [0, 0.1) is 0 Å². The Morgan fingerprint density at radius 1 is 1.14 bits per heavy atom. The molecule has 0 saturated carbocycles. The zero-order valence-electron chi connectivity index (χ0n) is 9.86. The molecule has 0 radical (unpaired) electrons. The summed E-state index contributed by atoms with van der Waals surface area (Å²) in [6, 6.07) is 0. The third kappa shape index (κ3) is 4.19. The van der Waals surface area contributed by atoms with Crippen molar-refractivity contribution < 1.29 is 0 Å². The molecule has 0 saturated heterocycles. The summed E-state index contributed by atoms with van der Waals surface area (Å²) < 4.78 is 0. The van der Waals surface area contributed by atoms with E-state index >= 15 is 0 Å². The molecule has 0 aliphatic heterocycles. The maximum absolute atomic E-state index is 5.96. The van der Waals surface area contributed by atoms with Crippen molar-refractivity contribution in [3.8, 4) is 0 Å². The Labute approximate surface area is 93.4 Å². The molecule has 0 aromatic rings. The van der Waals surface area contributed by atoms with E-state index in [4.69, 9.17) is 11.6 Å². The topological polar surface area (TPSA) is 3.24 Å². The average molecular weight is 216 g/mol. The van der Waals surface area contributed by atoms with E-state index in [0.717, 1.165) is 42.2 Å². The van der Waals surface area contributed by atoms with E-state index in [0.29, 0.717) is 0 Å². The third-order valence-electron chi connectivity index (χ3n) is 2.32. The first-order valence-electron chi connectivity index (χ1n) is 5.31. The van der Waals surface area contributed by atoms with E-state index in [9.17, 15) is 0 Å². The molecule has 0 N–H and O–H groups in total. The van der Waals surface area contributed by atoms with Crippen LogP contribution in [0.25, 0.3) is 0 Å². The molecule has 0 heterocycles. The lowest BCUT2D eigenvalue weighted by Crippen LogP contribution is -2.25. The smallest absolute Gasteiger partial charge is 0.0334 e. The van der Waals surface area contributed by atoms with Crippen LogP contribution in [-0.4, -0.2) is 18.0 Å². The zero-order valence-corrected chi connectivity index (χ0v) is 10.6. The largest absolute Gasteiger partial charge is 0.372 e. The molecule has 0 aromatic heterocycles. The summed E-state index contributed by atoms with van der Waals surface area (Å²) in [5.41, 5.74) is 2.18. The molecular formula is C12H22ClN. The van der Waals surface area contributed by atoms with Crippen molar-refractivity contribution in [1.29, 1.82) is 0 Å². The molecule has 14 heavy (non-hydrogen) atoms. The lowest BCUT2D eigenvalue weighted by molar-refractivity contribution is 0.351. The summed E-state index contributed by atoms with van der Waals surface area (Å²) in [5, 5.41) is 0.840. The van der Waals surface area contributed by atoms with E-state index in [1.807, 2.05) is 13.8 Å². The van der Waals surface area contributed by atoms with Crippen LogP contribution in [-0.2, 0) is 0 Å². The van der Waals surface area contributed by atoms with Crippen LogP contribution in [0.1, 0.15) is 40.5 Å². The molecule has 0 rings (SSSR count). The predicted octanol–water partition coefficient (Wildman–Crippen LogP) is 4.15. The van der Waals surface area contributed by atoms with Gasteiger partial charge < -0.3 is 4.90 Å². The van der Waals surface area contributed by atoms with E-state index in [-0.39, 0.29) is 0 Å². The number of rotatable bonds is 6. The Hall–Kier alpha value is -0.430. The van der Waals surface area contributed by atoms with Crippen LogP contribution >= 0.6 is 11.6 Å². The highest BCUT2D eigenvalue weighted by atomic mass is 35.5. The second-order valence-corrected chi connectivity index (χ2v) is 4.16. The van der Waals surface area contributed by atoms with Crippen molar-refractivity contribution in [1.82, 2.24) is 4.90 Å². The Morgan fingerprint density at radius 2 is 1.57 bits per heavy atom. The van der Waals surface area contributed by atoms with Crippen LogP contribution in [0.15, 0.2) is 22.9 Å². The molecule has 0 unspecified atom stereocenters. The van der Waals surface area contributed by atoms with Gasteiger partial charge in [-0.15, -0.1) is 0 Å². The van der Waals surface area contributed by atoms with E-state index in [2.05, 4.69) is 25.3 Å². The average Bonchev–Trinajstić information content (AvgIpc) is 2.15. The standard InChI is InChI=1S/C12H22ClN/c1-6-8-14(9-7-2)12(5)10(3)11(4)13/h5-9H2,1-4H3/b11-10-. The molecule has 0 fully saturated rings. The minimum Gasteiger partial charge on any atom is -0.372 e. The summed E-state index contributed by atoms with van der Waals surface area (Å²) in [7, 11) is 0. The maximum Gasteiger partial charge on any atom is 0.0334 e. The van der Waals surface area contributed by atoms with Gasteiger partial charge >= 0.3 is 0 Å². The molecule has 0 aliphatic carbocycles. The summed E-state index contributed by atoms with van der Waals surface area (Å²) in [6.45, 7) is 14.5. The zero-order chi connectivity index (χ0) is 11.1. The van der Waals surface area contributed by atoms with Crippen LogP contribution in [0.2, 0.25) is 0 Å².